The maximum Gasteiger partial charge on any atom is 0.428 e. The summed E-state index contributed by atoms with van der Waals surface area (Å²) in [6.07, 6.45) is -6.50. The van der Waals surface area contributed by atoms with Crippen molar-refractivity contribution >= 4 is 10.0 Å². The van der Waals surface area contributed by atoms with Gasteiger partial charge in [0, 0.05) is 13.1 Å². The number of alkyl halides is 8. The van der Waals surface area contributed by atoms with Crippen LogP contribution in [0.25, 0.3) is 0 Å². The maximum atomic E-state index is 13.9. The Kier molecular flexibility index (Phi) is 10.1. The SMILES string of the molecule is CC(F)(C(F)(F)F)C(F)(F)C(F)(F)S(=O)(=O)N(CCO)CCOCCO.F. The van der Waals surface area contributed by atoms with Gasteiger partial charge < -0.3 is 14.9 Å². The zero-order chi connectivity index (χ0) is 21.0. The second-order valence-electron chi connectivity index (χ2n) is 5.06. The van der Waals surface area contributed by atoms with Crippen molar-refractivity contribution in [1.82, 2.24) is 4.31 Å². The zero-order valence-electron chi connectivity index (χ0n) is 13.6. The molecule has 0 heterocycles. The van der Waals surface area contributed by atoms with Crippen LogP contribution >= 0.6 is 0 Å². The van der Waals surface area contributed by atoms with Gasteiger partial charge in [-0.2, -0.15) is 35.0 Å². The summed E-state index contributed by atoms with van der Waals surface area (Å²) in [7, 11) is -6.54. The minimum Gasteiger partial charge on any atom is -0.395 e. The van der Waals surface area contributed by atoms with E-state index in [4.69, 9.17) is 10.2 Å². The molecule has 27 heavy (non-hydrogen) atoms. The van der Waals surface area contributed by atoms with Gasteiger partial charge in [0.1, 0.15) is 0 Å². The molecular weight excluding hydrogens is 429 g/mol. The topological polar surface area (TPSA) is 87.1 Å². The van der Waals surface area contributed by atoms with Crippen LogP contribution in [0.15, 0.2) is 0 Å². The predicted octanol–water partition coefficient (Wildman–Crippen LogP) is 1.29. The van der Waals surface area contributed by atoms with Crippen molar-refractivity contribution in [2.24, 2.45) is 0 Å². The quantitative estimate of drug-likeness (QED) is 0.368. The number of hydrogen-bond acceptors (Lipinski definition) is 5. The van der Waals surface area contributed by atoms with Crippen LogP contribution in [-0.4, -0.2) is 85.5 Å². The Morgan fingerprint density at radius 2 is 1.37 bits per heavy atom. The van der Waals surface area contributed by atoms with E-state index in [9.17, 15) is 43.5 Å². The van der Waals surface area contributed by atoms with E-state index in [2.05, 4.69) is 4.74 Å². The molecule has 0 bridgehead atoms. The fraction of sp³-hybridized carbons (Fsp3) is 1.00. The molecule has 2 N–H and O–H groups in total. The summed E-state index contributed by atoms with van der Waals surface area (Å²) in [6, 6.07) is 0. The molecule has 0 fully saturated rings. The number of aliphatic hydroxyl groups is 2. The molecular formula is C11H18F9NO5S. The third kappa shape index (κ3) is 5.36. The predicted molar refractivity (Wildman–Crippen MR) is 73.4 cm³/mol. The van der Waals surface area contributed by atoms with Crippen molar-refractivity contribution in [3.8, 4) is 0 Å². The van der Waals surface area contributed by atoms with Gasteiger partial charge in [0.2, 0.25) is 0 Å². The molecule has 0 aliphatic carbocycles. The van der Waals surface area contributed by atoms with Gasteiger partial charge in [-0.15, -0.1) is 0 Å². The highest BCUT2D eigenvalue weighted by atomic mass is 32.2. The van der Waals surface area contributed by atoms with Gasteiger partial charge in [-0.25, -0.2) is 12.8 Å². The van der Waals surface area contributed by atoms with Crippen molar-refractivity contribution < 1.29 is 63.2 Å². The van der Waals surface area contributed by atoms with E-state index in [1.54, 1.807) is 0 Å². The first kappa shape index (κ1) is 28.4. The highest BCUT2D eigenvalue weighted by molar-refractivity contribution is 7.90. The van der Waals surface area contributed by atoms with Crippen molar-refractivity contribution in [2.45, 2.75) is 29.9 Å². The summed E-state index contributed by atoms with van der Waals surface area (Å²) in [4.78, 5) is 0. The van der Waals surface area contributed by atoms with Crippen molar-refractivity contribution in [3.05, 3.63) is 0 Å². The summed E-state index contributed by atoms with van der Waals surface area (Å²) in [5, 5.41) is 10.6. The molecule has 0 amide bonds. The lowest BCUT2D eigenvalue weighted by atomic mass is 9.99. The standard InChI is InChI=1S/C11H17F8NO5S.FH/c1-8(12,10(15,16)17)9(13,14)11(18,19)26(23,24)20(2-4-21)3-6-25-7-5-22;/h21-22H,2-7H2,1H3;1H. The zero-order valence-corrected chi connectivity index (χ0v) is 14.5. The molecule has 16 heteroatoms. The smallest absolute Gasteiger partial charge is 0.395 e. The maximum absolute atomic E-state index is 13.9. The number of ether oxygens (including phenoxy) is 1. The molecule has 166 valence electrons. The van der Waals surface area contributed by atoms with E-state index < -0.39 is 77.2 Å². The van der Waals surface area contributed by atoms with Crippen LogP contribution in [0, 0.1) is 0 Å². The van der Waals surface area contributed by atoms with Crippen LogP contribution in [-0.2, 0) is 14.8 Å². The molecule has 0 aromatic carbocycles. The molecule has 1 unspecified atom stereocenters. The van der Waals surface area contributed by atoms with Gasteiger partial charge in [-0.1, -0.05) is 0 Å². The van der Waals surface area contributed by atoms with E-state index in [1.807, 2.05) is 0 Å². The summed E-state index contributed by atoms with van der Waals surface area (Å²) in [5.74, 6) is -6.68. The molecule has 1 atom stereocenters. The molecule has 0 radical (unpaired) electrons. The number of halogens is 9. The van der Waals surface area contributed by atoms with E-state index in [0.29, 0.717) is 0 Å². The summed E-state index contributed by atoms with van der Waals surface area (Å²) < 4.78 is 133. The van der Waals surface area contributed by atoms with Gasteiger partial charge in [0.05, 0.1) is 26.4 Å². The molecule has 6 nitrogen and oxygen atoms in total. The van der Waals surface area contributed by atoms with E-state index in [0.717, 1.165) is 0 Å². The first-order valence-electron chi connectivity index (χ1n) is 6.82. The molecule has 0 saturated carbocycles. The highest BCUT2D eigenvalue weighted by Crippen LogP contribution is 2.54. The van der Waals surface area contributed by atoms with Crippen LogP contribution in [0.2, 0.25) is 0 Å². The van der Waals surface area contributed by atoms with E-state index >= 15 is 0 Å². The average molecular weight is 447 g/mol. The van der Waals surface area contributed by atoms with Gasteiger partial charge >= 0.3 is 17.4 Å². The van der Waals surface area contributed by atoms with Gasteiger partial charge in [-0.05, 0) is 6.92 Å². The Morgan fingerprint density at radius 1 is 0.889 bits per heavy atom. The minimum absolute atomic E-state index is 0. The Balaban J connectivity index is 0. The summed E-state index contributed by atoms with van der Waals surface area (Å²) in [5.41, 5.74) is -5.87. The number of hydrogen-bond donors (Lipinski definition) is 2. The molecule has 0 spiro atoms. The Labute approximate surface area is 148 Å². The van der Waals surface area contributed by atoms with Gasteiger partial charge in [-0.3, -0.25) is 4.70 Å². The second-order valence-corrected chi connectivity index (χ2v) is 7.03. The van der Waals surface area contributed by atoms with Crippen molar-refractivity contribution in [3.63, 3.8) is 0 Å². The van der Waals surface area contributed by atoms with Crippen molar-refractivity contribution in [2.75, 3.05) is 39.5 Å². The van der Waals surface area contributed by atoms with Gasteiger partial charge in [0.15, 0.2) is 0 Å². The molecule has 0 saturated heterocycles. The first-order chi connectivity index (χ1) is 11.5. The lowest BCUT2D eigenvalue weighted by molar-refractivity contribution is -0.330. The third-order valence-electron chi connectivity index (χ3n) is 3.22. The largest absolute Gasteiger partial charge is 0.428 e. The Hall–Kier alpha value is -0.840. The first-order valence-corrected chi connectivity index (χ1v) is 8.26. The van der Waals surface area contributed by atoms with Crippen LogP contribution in [0.3, 0.4) is 0 Å². The average Bonchev–Trinajstić information content (AvgIpc) is 2.48. The lowest BCUT2D eigenvalue weighted by Crippen LogP contribution is -2.66. The van der Waals surface area contributed by atoms with Crippen molar-refractivity contribution in [1.29, 1.82) is 0 Å². The van der Waals surface area contributed by atoms with Crippen LogP contribution < -0.4 is 0 Å². The molecule has 0 aliphatic rings. The van der Waals surface area contributed by atoms with Crippen LogP contribution in [0.5, 0.6) is 0 Å². The molecule has 0 aromatic heterocycles. The second kappa shape index (κ2) is 9.58. The number of rotatable bonds is 11. The lowest BCUT2D eigenvalue weighted by Gasteiger charge is -2.37. The van der Waals surface area contributed by atoms with Gasteiger partial charge in [0.25, 0.3) is 15.7 Å². The van der Waals surface area contributed by atoms with E-state index in [1.165, 1.54) is 0 Å². The Morgan fingerprint density at radius 3 is 1.74 bits per heavy atom. The molecule has 0 aromatic rings. The number of nitrogens with zero attached hydrogens (tertiary/aromatic N) is 1. The Bertz CT molecular complexity index is 553. The monoisotopic (exact) mass is 447 g/mol. The number of sulfonamides is 1. The molecule has 0 rings (SSSR count). The fourth-order valence-corrected chi connectivity index (χ4v) is 3.05. The third-order valence-corrected chi connectivity index (χ3v) is 5.17. The highest BCUT2D eigenvalue weighted by Gasteiger charge is 2.82. The minimum atomic E-state index is -6.68. The summed E-state index contributed by atoms with van der Waals surface area (Å²) in [6.45, 7) is -5.95. The van der Waals surface area contributed by atoms with Crippen LogP contribution in [0.1, 0.15) is 6.92 Å². The van der Waals surface area contributed by atoms with E-state index in [-0.39, 0.29) is 11.3 Å². The van der Waals surface area contributed by atoms with Crippen LogP contribution in [0.4, 0.5) is 39.8 Å². The normalized spacial score (nSPS) is 16.1. The summed E-state index contributed by atoms with van der Waals surface area (Å²) >= 11 is 0. The number of aliphatic hydroxyl groups excluding tert-OH is 2. The fourth-order valence-electron chi connectivity index (χ4n) is 1.57. The molecule has 0 aliphatic heterocycles.